The Morgan fingerprint density at radius 2 is 2.16 bits per heavy atom. The molecule has 2 aliphatic carbocycles. The first-order valence-corrected chi connectivity index (χ1v) is 8.48. The predicted octanol–water partition coefficient (Wildman–Crippen LogP) is 3.49. The zero-order chi connectivity index (χ0) is 13.4. The van der Waals surface area contributed by atoms with Gasteiger partial charge in [0.25, 0.3) is 0 Å². The van der Waals surface area contributed by atoms with Crippen LogP contribution in [0.15, 0.2) is 0 Å². The third-order valence-corrected chi connectivity index (χ3v) is 5.43. The van der Waals surface area contributed by atoms with Crippen molar-refractivity contribution < 1.29 is 0 Å². The van der Waals surface area contributed by atoms with Crippen molar-refractivity contribution in [3.8, 4) is 0 Å². The Morgan fingerprint density at radius 3 is 2.79 bits per heavy atom. The molecule has 1 unspecified atom stereocenters. The van der Waals surface area contributed by atoms with E-state index in [2.05, 4.69) is 18.7 Å². The lowest BCUT2D eigenvalue weighted by atomic mass is 9.99. The van der Waals surface area contributed by atoms with E-state index >= 15 is 0 Å². The van der Waals surface area contributed by atoms with Crippen LogP contribution in [0.3, 0.4) is 0 Å². The average molecular weight is 279 g/mol. The van der Waals surface area contributed by atoms with E-state index in [1.165, 1.54) is 41.4 Å². The molecule has 106 valence electrons. The van der Waals surface area contributed by atoms with Crippen LogP contribution in [0, 0.1) is 5.92 Å². The van der Waals surface area contributed by atoms with Gasteiger partial charge in [-0.3, -0.25) is 0 Å². The van der Waals surface area contributed by atoms with E-state index in [0.29, 0.717) is 0 Å². The second-order valence-electron chi connectivity index (χ2n) is 6.41. The van der Waals surface area contributed by atoms with Crippen molar-refractivity contribution >= 4 is 16.5 Å². The number of thiazole rings is 1. The van der Waals surface area contributed by atoms with Crippen molar-refractivity contribution in [2.45, 2.75) is 64.5 Å². The van der Waals surface area contributed by atoms with Crippen LogP contribution in [0.5, 0.6) is 0 Å². The largest absolute Gasteiger partial charge is 0.345 e. The number of anilines is 1. The standard InChI is InChI=1S/C15H25N3S/c1-10(2)8-9-18(11-6-7-11)15-17-13-5-3-4-12(16)14(13)19-15/h10-12H,3-9,16H2,1-2H3. The van der Waals surface area contributed by atoms with Gasteiger partial charge in [0, 0.05) is 23.5 Å². The van der Waals surface area contributed by atoms with Crippen molar-refractivity contribution in [2.24, 2.45) is 11.7 Å². The third-order valence-electron chi connectivity index (χ3n) is 4.16. The van der Waals surface area contributed by atoms with Gasteiger partial charge in [-0.1, -0.05) is 25.2 Å². The molecule has 0 amide bonds. The molecule has 0 spiro atoms. The number of aryl methyl sites for hydroxylation is 1. The highest BCUT2D eigenvalue weighted by atomic mass is 32.1. The molecule has 0 radical (unpaired) electrons. The minimum absolute atomic E-state index is 0.237. The fraction of sp³-hybridized carbons (Fsp3) is 0.800. The van der Waals surface area contributed by atoms with Crippen molar-refractivity contribution in [1.29, 1.82) is 0 Å². The molecule has 3 nitrogen and oxygen atoms in total. The number of fused-ring (bicyclic) bond motifs is 1. The van der Waals surface area contributed by atoms with Crippen LogP contribution < -0.4 is 10.6 Å². The molecule has 1 saturated carbocycles. The fourth-order valence-corrected chi connectivity index (χ4v) is 4.03. The Bertz CT molecular complexity index is 437. The molecule has 0 saturated heterocycles. The summed E-state index contributed by atoms with van der Waals surface area (Å²) in [5, 5.41) is 1.24. The SMILES string of the molecule is CC(C)CCN(c1nc2c(s1)C(N)CCC2)C1CC1. The van der Waals surface area contributed by atoms with Crippen LogP contribution in [0.1, 0.15) is 62.6 Å². The molecule has 0 aliphatic heterocycles. The lowest BCUT2D eigenvalue weighted by Gasteiger charge is -2.22. The predicted molar refractivity (Wildman–Crippen MR) is 81.8 cm³/mol. The summed E-state index contributed by atoms with van der Waals surface area (Å²) in [5.74, 6) is 0.762. The van der Waals surface area contributed by atoms with E-state index in [-0.39, 0.29) is 6.04 Å². The molecule has 1 aromatic heterocycles. The Balaban J connectivity index is 1.78. The van der Waals surface area contributed by atoms with E-state index in [9.17, 15) is 0 Å². The number of nitrogens with zero attached hydrogens (tertiary/aromatic N) is 2. The van der Waals surface area contributed by atoms with Crippen molar-refractivity contribution in [3.63, 3.8) is 0 Å². The van der Waals surface area contributed by atoms with Gasteiger partial charge in [0.05, 0.1) is 5.69 Å². The molecule has 0 bridgehead atoms. The summed E-state index contributed by atoms with van der Waals surface area (Å²) in [6.45, 7) is 5.76. The third kappa shape index (κ3) is 2.95. The van der Waals surface area contributed by atoms with Crippen molar-refractivity contribution in [3.05, 3.63) is 10.6 Å². The first kappa shape index (κ1) is 13.4. The maximum Gasteiger partial charge on any atom is 0.186 e. The van der Waals surface area contributed by atoms with Gasteiger partial charge in [0.15, 0.2) is 5.13 Å². The lowest BCUT2D eigenvalue weighted by molar-refractivity contribution is 0.566. The highest BCUT2D eigenvalue weighted by molar-refractivity contribution is 7.15. The Labute approximate surface area is 120 Å². The van der Waals surface area contributed by atoms with Gasteiger partial charge in [-0.2, -0.15) is 0 Å². The number of nitrogens with two attached hydrogens (primary N) is 1. The highest BCUT2D eigenvalue weighted by Crippen LogP contribution is 2.40. The second-order valence-corrected chi connectivity index (χ2v) is 7.42. The molecule has 1 atom stereocenters. The molecule has 2 N–H and O–H groups in total. The monoisotopic (exact) mass is 279 g/mol. The van der Waals surface area contributed by atoms with Gasteiger partial charge in [-0.25, -0.2) is 4.98 Å². The molecule has 3 rings (SSSR count). The zero-order valence-corrected chi connectivity index (χ0v) is 12.9. The summed E-state index contributed by atoms with van der Waals surface area (Å²) >= 11 is 1.86. The molecule has 1 fully saturated rings. The zero-order valence-electron chi connectivity index (χ0n) is 12.1. The van der Waals surface area contributed by atoms with E-state index in [0.717, 1.165) is 31.3 Å². The summed E-state index contributed by atoms with van der Waals surface area (Å²) in [4.78, 5) is 8.81. The molecule has 1 heterocycles. The van der Waals surface area contributed by atoms with Gasteiger partial charge in [-0.15, -0.1) is 0 Å². The number of aromatic nitrogens is 1. The average Bonchev–Trinajstić information content (AvgIpc) is 3.09. The van der Waals surface area contributed by atoms with Gasteiger partial charge >= 0.3 is 0 Å². The van der Waals surface area contributed by atoms with Crippen LogP contribution in [0.4, 0.5) is 5.13 Å². The molecule has 19 heavy (non-hydrogen) atoms. The van der Waals surface area contributed by atoms with E-state index in [1.54, 1.807) is 0 Å². The maximum atomic E-state index is 6.23. The van der Waals surface area contributed by atoms with Crippen molar-refractivity contribution in [1.82, 2.24) is 4.98 Å². The number of rotatable bonds is 5. The molecular formula is C15H25N3S. The van der Waals surface area contributed by atoms with Gasteiger partial charge in [-0.05, 0) is 44.4 Å². The lowest BCUT2D eigenvalue weighted by Crippen LogP contribution is -2.27. The van der Waals surface area contributed by atoms with E-state index in [4.69, 9.17) is 10.7 Å². The Hall–Kier alpha value is -0.610. The molecular weight excluding hydrogens is 254 g/mol. The van der Waals surface area contributed by atoms with Gasteiger partial charge in [0.2, 0.25) is 0 Å². The van der Waals surface area contributed by atoms with Gasteiger partial charge in [0.1, 0.15) is 0 Å². The normalized spacial score (nSPS) is 22.6. The second kappa shape index (κ2) is 5.41. The number of hydrogen-bond acceptors (Lipinski definition) is 4. The maximum absolute atomic E-state index is 6.23. The van der Waals surface area contributed by atoms with Crippen LogP contribution in [-0.4, -0.2) is 17.6 Å². The van der Waals surface area contributed by atoms with E-state index < -0.39 is 0 Å². The quantitative estimate of drug-likeness (QED) is 0.897. The Morgan fingerprint density at radius 1 is 1.37 bits per heavy atom. The minimum Gasteiger partial charge on any atom is -0.345 e. The summed E-state index contributed by atoms with van der Waals surface area (Å²) in [5.41, 5.74) is 7.51. The van der Waals surface area contributed by atoms with Crippen molar-refractivity contribution in [2.75, 3.05) is 11.4 Å². The summed E-state index contributed by atoms with van der Waals surface area (Å²) < 4.78 is 0. The smallest absolute Gasteiger partial charge is 0.186 e. The summed E-state index contributed by atoms with van der Waals surface area (Å²) in [7, 11) is 0. The first-order valence-electron chi connectivity index (χ1n) is 7.67. The van der Waals surface area contributed by atoms with Crippen LogP contribution in [0.25, 0.3) is 0 Å². The minimum atomic E-state index is 0.237. The van der Waals surface area contributed by atoms with Crippen LogP contribution in [-0.2, 0) is 6.42 Å². The molecule has 4 heteroatoms. The van der Waals surface area contributed by atoms with Crippen LogP contribution >= 0.6 is 11.3 Å². The fourth-order valence-electron chi connectivity index (χ4n) is 2.78. The first-order chi connectivity index (χ1) is 9.15. The molecule has 0 aromatic carbocycles. The molecule has 1 aromatic rings. The van der Waals surface area contributed by atoms with Crippen LogP contribution in [0.2, 0.25) is 0 Å². The number of hydrogen-bond donors (Lipinski definition) is 1. The highest BCUT2D eigenvalue weighted by Gasteiger charge is 2.32. The van der Waals surface area contributed by atoms with Gasteiger partial charge < -0.3 is 10.6 Å². The Kier molecular flexibility index (Phi) is 3.81. The topological polar surface area (TPSA) is 42.2 Å². The summed E-state index contributed by atoms with van der Waals surface area (Å²) in [6, 6.07) is 0.990. The molecule has 2 aliphatic rings. The van der Waals surface area contributed by atoms with E-state index in [1.807, 2.05) is 11.3 Å². The summed E-state index contributed by atoms with van der Waals surface area (Å²) in [6.07, 6.45) is 7.40.